The Morgan fingerprint density at radius 1 is 1.19 bits per heavy atom. The summed E-state index contributed by atoms with van der Waals surface area (Å²) in [6.45, 7) is 6.97. The standard InChI is InChI=1S/C22H25N3O2/c1-15(24-11-10-16-6-3-4-7-17(16)13-24)12-22(2)14-27-19-9-5-8-18-20(19)25(22)21(26)23-18/h3-9,15H,10-14H2,1-2H3,(H,23,26). The summed E-state index contributed by atoms with van der Waals surface area (Å²) in [6.07, 6.45) is 1.96. The van der Waals surface area contributed by atoms with Gasteiger partial charge in [-0.2, -0.15) is 0 Å². The molecule has 0 amide bonds. The molecule has 0 bridgehead atoms. The van der Waals surface area contributed by atoms with E-state index in [0.717, 1.165) is 42.7 Å². The van der Waals surface area contributed by atoms with Gasteiger partial charge in [-0.05, 0) is 49.9 Å². The molecule has 0 spiro atoms. The lowest BCUT2D eigenvalue weighted by molar-refractivity contribution is 0.0882. The number of nitrogens with one attached hydrogen (secondary N) is 1. The number of aromatic amines is 1. The Hall–Kier alpha value is -2.53. The van der Waals surface area contributed by atoms with Gasteiger partial charge in [-0.3, -0.25) is 9.47 Å². The van der Waals surface area contributed by atoms with Crippen molar-refractivity contribution in [1.29, 1.82) is 0 Å². The van der Waals surface area contributed by atoms with Crippen LogP contribution in [0, 0.1) is 0 Å². The van der Waals surface area contributed by atoms with Crippen LogP contribution in [0.4, 0.5) is 0 Å². The zero-order valence-corrected chi connectivity index (χ0v) is 15.9. The van der Waals surface area contributed by atoms with Crippen molar-refractivity contribution in [2.75, 3.05) is 13.2 Å². The summed E-state index contributed by atoms with van der Waals surface area (Å²) in [5.74, 6) is 0.794. The lowest BCUT2D eigenvalue weighted by Gasteiger charge is -2.41. The van der Waals surface area contributed by atoms with Gasteiger partial charge in [0.05, 0.1) is 11.1 Å². The van der Waals surface area contributed by atoms with Gasteiger partial charge >= 0.3 is 5.69 Å². The van der Waals surface area contributed by atoms with E-state index < -0.39 is 0 Å². The van der Waals surface area contributed by atoms with E-state index in [1.807, 2.05) is 22.8 Å². The van der Waals surface area contributed by atoms with Gasteiger partial charge in [0.1, 0.15) is 17.9 Å². The van der Waals surface area contributed by atoms with Crippen LogP contribution in [-0.2, 0) is 18.5 Å². The van der Waals surface area contributed by atoms with Crippen LogP contribution in [0.3, 0.4) is 0 Å². The topological polar surface area (TPSA) is 50.3 Å². The minimum atomic E-state index is -0.361. The van der Waals surface area contributed by atoms with E-state index in [4.69, 9.17) is 4.74 Å². The van der Waals surface area contributed by atoms with Crippen molar-refractivity contribution in [1.82, 2.24) is 14.5 Å². The average Bonchev–Trinajstić information content (AvgIpc) is 3.03. The quantitative estimate of drug-likeness (QED) is 0.777. The second-order valence-electron chi connectivity index (χ2n) is 8.25. The normalized spacial score (nSPS) is 23.0. The SMILES string of the molecule is CC(CC1(C)COc2cccc3[nH]c(=O)n1c23)N1CCc2ccccc2C1. The van der Waals surface area contributed by atoms with Crippen LogP contribution in [0.1, 0.15) is 31.4 Å². The summed E-state index contributed by atoms with van der Waals surface area (Å²) >= 11 is 0. The van der Waals surface area contributed by atoms with Crippen molar-refractivity contribution in [2.24, 2.45) is 0 Å². The van der Waals surface area contributed by atoms with Gasteiger partial charge in [0.2, 0.25) is 0 Å². The Bertz CT molecular complexity index is 1070. The molecular formula is C22H25N3O2. The zero-order valence-electron chi connectivity index (χ0n) is 15.9. The maximum absolute atomic E-state index is 12.7. The third-order valence-electron chi connectivity index (χ3n) is 6.26. The number of rotatable bonds is 3. The van der Waals surface area contributed by atoms with Crippen LogP contribution in [0.15, 0.2) is 47.3 Å². The highest BCUT2D eigenvalue weighted by Gasteiger charge is 2.38. The van der Waals surface area contributed by atoms with Gasteiger partial charge < -0.3 is 9.72 Å². The minimum absolute atomic E-state index is 0.0422. The summed E-state index contributed by atoms with van der Waals surface area (Å²) in [6, 6.07) is 14.9. The molecule has 0 aliphatic carbocycles. The fraction of sp³-hybridized carbons (Fsp3) is 0.409. The first-order valence-electron chi connectivity index (χ1n) is 9.73. The molecule has 2 aliphatic rings. The Morgan fingerprint density at radius 2 is 2.00 bits per heavy atom. The molecule has 2 atom stereocenters. The van der Waals surface area contributed by atoms with E-state index in [0.29, 0.717) is 12.6 Å². The average molecular weight is 363 g/mol. The van der Waals surface area contributed by atoms with E-state index in [1.165, 1.54) is 11.1 Å². The van der Waals surface area contributed by atoms with Crippen LogP contribution in [-0.4, -0.2) is 33.6 Å². The second-order valence-corrected chi connectivity index (χ2v) is 8.25. The Kier molecular flexibility index (Phi) is 3.69. The molecule has 1 N–H and O–H groups in total. The number of fused-ring (bicyclic) bond motifs is 1. The van der Waals surface area contributed by atoms with Gasteiger partial charge in [-0.25, -0.2) is 4.79 Å². The number of imidazole rings is 1. The number of hydrogen-bond acceptors (Lipinski definition) is 3. The largest absolute Gasteiger partial charge is 0.489 e. The number of nitrogens with zero attached hydrogens (tertiary/aromatic N) is 2. The molecule has 2 aliphatic heterocycles. The highest BCUT2D eigenvalue weighted by molar-refractivity contribution is 5.82. The number of H-pyrrole nitrogens is 1. The number of aromatic nitrogens is 2. The molecule has 3 heterocycles. The molecule has 0 fully saturated rings. The van der Waals surface area contributed by atoms with Gasteiger partial charge in [-0.1, -0.05) is 30.3 Å². The van der Waals surface area contributed by atoms with Crippen molar-refractivity contribution in [3.05, 3.63) is 64.1 Å². The van der Waals surface area contributed by atoms with E-state index in [-0.39, 0.29) is 11.2 Å². The van der Waals surface area contributed by atoms with E-state index in [2.05, 4.69) is 48.0 Å². The number of ether oxygens (including phenoxy) is 1. The van der Waals surface area contributed by atoms with Crippen molar-refractivity contribution >= 4 is 11.0 Å². The molecule has 5 nitrogen and oxygen atoms in total. The predicted octanol–water partition coefficient (Wildman–Crippen LogP) is 3.27. The third-order valence-corrected chi connectivity index (χ3v) is 6.26. The molecule has 27 heavy (non-hydrogen) atoms. The highest BCUT2D eigenvalue weighted by Crippen LogP contribution is 2.36. The number of hydrogen-bond donors (Lipinski definition) is 1. The number of para-hydroxylation sites is 1. The molecule has 3 aromatic rings. The summed E-state index contributed by atoms with van der Waals surface area (Å²) in [7, 11) is 0. The van der Waals surface area contributed by atoms with Crippen LogP contribution >= 0.6 is 0 Å². The first-order valence-corrected chi connectivity index (χ1v) is 9.73. The van der Waals surface area contributed by atoms with Crippen LogP contribution in [0.2, 0.25) is 0 Å². The molecule has 2 aromatic carbocycles. The Morgan fingerprint density at radius 3 is 2.85 bits per heavy atom. The summed E-state index contributed by atoms with van der Waals surface area (Å²) in [5, 5.41) is 0. The van der Waals surface area contributed by atoms with Crippen molar-refractivity contribution in [2.45, 2.75) is 44.8 Å². The van der Waals surface area contributed by atoms with Gasteiger partial charge in [0, 0.05) is 19.1 Å². The molecule has 140 valence electrons. The fourth-order valence-electron chi connectivity index (χ4n) is 4.87. The van der Waals surface area contributed by atoms with Crippen molar-refractivity contribution in [3.8, 4) is 5.75 Å². The molecule has 2 unspecified atom stereocenters. The predicted molar refractivity (Wildman–Crippen MR) is 106 cm³/mol. The van der Waals surface area contributed by atoms with Crippen LogP contribution in [0.25, 0.3) is 11.0 Å². The summed E-state index contributed by atoms with van der Waals surface area (Å²) in [4.78, 5) is 18.3. The maximum atomic E-state index is 12.7. The van der Waals surface area contributed by atoms with E-state index in [9.17, 15) is 4.79 Å². The zero-order chi connectivity index (χ0) is 18.6. The lowest BCUT2D eigenvalue weighted by atomic mass is 9.90. The van der Waals surface area contributed by atoms with E-state index >= 15 is 0 Å². The van der Waals surface area contributed by atoms with Crippen LogP contribution in [0.5, 0.6) is 5.75 Å². The second kappa shape index (κ2) is 5.99. The minimum Gasteiger partial charge on any atom is -0.489 e. The molecule has 0 saturated carbocycles. The molecule has 0 saturated heterocycles. The van der Waals surface area contributed by atoms with Crippen molar-refractivity contribution in [3.63, 3.8) is 0 Å². The number of benzene rings is 2. The lowest BCUT2D eigenvalue weighted by Crippen LogP contribution is -2.49. The van der Waals surface area contributed by atoms with Gasteiger partial charge in [-0.15, -0.1) is 0 Å². The molecule has 5 rings (SSSR count). The summed E-state index contributed by atoms with van der Waals surface area (Å²) in [5.41, 5.74) is 4.23. The highest BCUT2D eigenvalue weighted by atomic mass is 16.5. The van der Waals surface area contributed by atoms with Crippen molar-refractivity contribution < 1.29 is 4.74 Å². The first kappa shape index (κ1) is 16.6. The monoisotopic (exact) mass is 363 g/mol. The molecule has 1 aromatic heterocycles. The molecule has 5 heteroatoms. The maximum Gasteiger partial charge on any atom is 0.327 e. The van der Waals surface area contributed by atoms with Gasteiger partial charge in [0.25, 0.3) is 0 Å². The Balaban J connectivity index is 1.45. The smallest absolute Gasteiger partial charge is 0.327 e. The van der Waals surface area contributed by atoms with Gasteiger partial charge in [0.15, 0.2) is 0 Å². The summed E-state index contributed by atoms with van der Waals surface area (Å²) < 4.78 is 8.00. The van der Waals surface area contributed by atoms with Crippen LogP contribution < -0.4 is 10.4 Å². The molecule has 0 radical (unpaired) electrons. The molecular weight excluding hydrogens is 338 g/mol. The fourth-order valence-corrected chi connectivity index (χ4v) is 4.87. The third kappa shape index (κ3) is 2.60. The van der Waals surface area contributed by atoms with E-state index in [1.54, 1.807) is 0 Å². The Labute approximate surface area is 158 Å². The first-order chi connectivity index (χ1) is 13.0.